The number of nitrogens with one attached hydrogen (secondary N) is 1. The van der Waals surface area contributed by atoms with Gasteiger partial charge in [0.15, 0.2) is 0 Å². The lowest BCUT2D eigenvalue weighted by Gasteiger charge is -2.47. The molecule has 1 N–H and O–H groups in total. The second-order valence-electron chi connectivity index (χ2n) is 6.74. The van der Waals surface area contributed by atoms with Crippen LogP contribution in [0.4, 0.5) is 5.69 Å². The van der Waals surface area contributed by atoms with E-state index in [0.29, 0.717) is 5.92 Å². The van der Waals surface area contributed by atoms with E-state index in [1.165, 1.54) is 22.4 Å². The molecule has 0 bridgehead atoms. The monoisotopic (exact) mass is 316 g/mol. The molecular weight excluding hydrogens is 296 g/mol. The molecule has 3 heterocycles. The van der Waals surface area contributed by atoms with Crippen LogP contribution < -0.4 is 5.32 Å². The van der Waals surface area contributed by atoms with Crippen molar-refractivity contribution in [2.75, 3.05) is 12.4 Å². The number of aryl methyl sites for hydroxylation is 1. The fraction of sp³-hybridized carbons (Fsp3) is 0.300. The molecule has 4 heteroatoms. The summed E-state index contributed by atoms with van der Waals surface area (Å²) >= 11 is 0. The third-order valence-corrected chi connectivity index (χ3v) is 5.13. The topological polar surface area (TPSA) is 52.0 Å². The van der Waals surface area contributed by atoms with Crippen molar-refractivity contribution >= 4 is 5.69 Å². The Labute approximate surface area is 142 Å². The quantitative estimate of drug-likeness (QED) is 0.865. The molecule has 4 nitrogen and oxygen atoms in total. The SMILES string of the molecule is Cc1ccc2c(c1)[C@@H]1[C@@H](CC(C#N)=CN1C)[C@H](c1ccncc1)N2. The summed E-state index contributed by atoms with van der Waals surface area (Å²) in [5, 5.41) is 13.1. The summed E-state index contributed by atoms with van der Waals surface area (Å²) in [4.78, 5) is 6.35. The molecule has 1 aromatic heterocycles. The van der Waals surface area contributed by atoms with Crippen LogP contribution in [-0.2, 0) is 0 Å². The predicted octanol–water partition coefficient (Wildman–Crippen LogP) is 3.96. The maximum Gasteiger partial charge on any atom is 0.0962 e. The van der Waals surface area contributed by atoms with Crippen molar-refractivity contribution in [1.29, 1.82) is 5.26 Å². The second kappa shape index (κ2) is 5.68. The van der Waals surface area contributed by atoms with Crippen molar-refractivity contribution in [3.8, 4) is 6.07 Å². The molecule has 2 aliphatic rings. The lowest BCUT2D eigenvalue weighted by molar-refractivity contribution is 0.188. The number of benzene rings is 1. The van der Waals surface area contributed by atoms with Crippen LogP contribution in [-0.4, -0.2) is 16.9 Å². The van der Waals surface area contributed by atoms with Crippen LogP contribution in [0.15, 0.2) is 54.5 Å². The zero-order valence-corrected chi connectivity index (χ0v) is 13.9. The molecule has 120 valence electrons. The molecular formula is C20H20N4. The predicted molar refractivity (Wildman–Crippen MR) is 94.1 cm³/mol. The Morgan fingerprint density at radius 2 is 2.04 bits per heavy atom. The molecule has 0 saturated heterocycles. The van der Waals surface area contributed by atoms with E-state index in [0.717, 1.165) is 12.0 Å². The third kappa shape index (κ3) is 2.33. The number of anilines is 1. The molecule has 0 spiro atoms. The number of hydrogen-bond acceptors (Lipinski definition) is 4. The Hall–Kier alpha value is -2.80. The van der Waals surface area contributed by atoms with Crippen LogP contribution in [0.5, 0.6) is 0 Å². The van der Waals surface area contributed by atoms with Gasteiger partial charge in [0.2, 0.25) is 0 Å². The molecule has 3 atom stereocenters. The van der Waals surface area contributed by atoms with E-state index < -0.39 is 0 Å². The Morgan fingerprint density at radius 3 is 2.79 bits per heavy atom. The minimum absolute atomic E-state index is 0.174. The molecule has 0 unspecified atom stereocenters. The van der Waals surface area contributed by atoms with Crippen molar-refractivity contribution in [3.05, 3.63) is 71.2 Å². The molecule has 24 heavy (non-hydrogen) atoms. The maximum absolute atomic E-state index is 9.42. The Kier molecular flexibility index (Phi) is 3.50. The van der Waals surface area contributed by atoms with E-state index in [-0.39, 0.29) is 12.1 Å². The van der Waals surface area contributed by atoms with Gasteiger partial charge in [-0.2, -0.15) is 5.26 Å². The lowest BCUT2D eigenvalue weighted by atomic mass is 9.74. The summed E-state index contributed by atoms with van der Waals surface area (Å²) in [6.07, 6.45) is 6.47. The van der Waals surface area contributed by atoms with E-state index in [1.807, 2.05) is 18.6 Å². The van der Waals surface area contributed by atoms with Crippen molar-refractivity contribution < 1.29 is 0 Å². The van der Waals surface area contributed by atoms with E-state index >= 15 is 0 Å². The van der Waals surface area contributed by atoms with Gasteiger partial charge in [-0.1, -0.05) is 17.7 Å². The van der Waals surface area contributed by atoms with E-state index in [4.69, 9.17) is 0 Å². The van der Waals surface area contributed by atoms with Gasteiger partial charge in [0.25, 0.3) is 0 Å². The average Bonchev–Trinajstić information content (AvgIpc) is 2.61. The normalized spacial score (nSPS) is 25.0. The molecule has 2 aliphatic heterocycles. The first-order valence-corrected chi connectivity index (χ1v) is 8.27. The molecule has 2 aromatic rings. The Balaban J connectivity index is 1.86. The van der Waals surface area contributed by atoms with Crippen LogP contribution in [0.2, 0.25) is 0 Å². The first kappa shape index (κ1) is 14.8. The first-order valence-electron chi connectivity index (χ1n) is 8.27. The van der Waals surface area contributed by atoms with Gasteiger partial charge in [-0.15, -0.1) is 0 Å². The Bertz CT molecular complexity index is 834. The molecule has 4 rings (SSSR count). The van der Waals surface area contributed by atoms with Crippen LogP contribution in [0, 0.1) is 24.2 Å². The summed E-state index contributed by atoms with van der Waals surface area (Å²) in [6.45, 7) is 2.13. The average molecular weight is 316 g/mol. The first-order chi connectivity index (χ1) is 11.7. The minimum atomic E-state index is 0.174. The molecule has 0 aliphatic carbocycles. The number of fused-ring (bicyclic) bond motifs is 3. The number of nitriles is 1. The molecule has 0 fully saturated rings. The number of hydrogen-bond donors (Lipinski definition) is 1. The summed E-state index contributed by atoms with van der Waals surface area (Å²) in [5.41, 5.74) is 5.83. The minimum Gasteiger partial charge on any atom is -0.378 e. The summed E-state index contributed by atoms with van der Waals surface area (Å²) in [5.74, 6) is 0.311. The van der Waals surface area contributed by atoms with Crippen molar-refractivity contribution in [2.24, 2.45) is 5.92 Å². The van der Waals surface area contributed by atoms with Gasteiger partial charge >= 0.3 is 0 Å². The summed E-state index contributed by atoms with van der Waals surface area (Å²) in [6, 6.07) is 13.5. The van der Waals surface area contributed by atoms with Gasteiger partial charge in [-0.05, 0) is 42.7 Å². The zero-order valence-electron chi connectivity index (χ0n) is 13.9. The maximum atomic E-state index is 9.42. The second-order valence-corrected chi connectivity index (χ2v) is 6.74. The largest absolute Gasteiger partial charge is 0.378 e. The molecule has 0 radical (unpaired) electrons. The van der Waals surface area contributed by atoms with Crippen molar-refractivity contribution in [3.63, 3.8) is 0 Å². The third-order valence-electron chi connectivity index (χ3n) is 5.13. The number of rotatable bonds is 1. The van der Waals surface area contributed by atoms with Gasteiger partial charge in [0.05, 0.1) is 18.2 Å². The fourth-order valence-corrected chi connectivity index (χ4v) is 4.11. The standard InChI is InChI=1S/C20H20N4/c1-13-3-4-18-16(9-13)20-17(10-14(11-21)12-24(20)2)19(23-18)15-5-7-22-8-6-15/h3-9,12,17,19-20,23H,10H2,1-2H3/t17-,19-,20+/m0/s1. The highest BCUT2D eigenvalue weighted by Gasteiger charge is 2.41. The highest BCUT2D eigenvalue weighted by molar-refractivity contribution is 5.59. The Morgan fingerprint density at radius 1 is 1.25 bits per heavy atom. The van der Waals surface area contributed by atoms with Gasteiger partial charge < -0.3 is 10.2 Å². The summed E-state index contributed by atoms with van der Waals surface area (Å²) in [7, 11) is 2.08. The van der Waals surface area contributed by atoms with Gasteiger partial charge in [0.1, 0.15) is 0 Å². The summed E-state index contributed by atoms with van der Waals surface area (Å²) < 4.78 is 0. The highest BCUT2D eigenvalue weighted by Crippen LogP contribution is 2.50. The molecule has 0 amide bonds. The van der Waals surface area contributed by atoms with Crippen molar-refractivity contribution in [2.45, 2.75) is 25.4 Å². The lowest BCUT2D eigenvalue weighted by Crippen LogP contribution is -2.40. The van der Waals surface area contributed by atoms with E-state index in [9.17, 15) is 5.26 Å². The molecule has 1 aromatic carbocycles. The van der Waals surface area contributed by atoms with Crippen molar-refractivity contribution in [1.82, 2.24) is 9.88 Å². The zero-order chi connectivity index (χ0) is 16.7. The van der Waals surface area contributed by atoms with E-state index in [1.54, 1.807) is 0 Å². The number of nitrogens with zero attached hydrogens (tertiary/aromatic N) is 3. The number of allylic oxidation sites excluding steroid dienone is 1. The fourth-order valence-electron chi connectivity index (χ4n) is 4.11. The van der Waals surface area contributed by atoms with Gasteiger partial charge in [-0.25, -0.2) is 0 Å². The van der Waals surface area contributed by atoms with Crippen LogP contribution in [0.3, 0.4) is 0 Å². The van der Waals surface area contributed by atoms with Crippen LogP contribution in [0.1, 0.15) is 35.2 Å². The molecule has 0 saturated carbocycles. The van der Waals surface area contributed by atoms with Gasteiger partial charge in [0, 0.05) is 42.8 Å². The number of pyridine rings is 1. The van der Waals surface area contributed by atoms with Crippen LogP contribution >= 0.6 is 0 Å². The van der Waals surface area contributed by atoms with Crippen LogP contribution in [0.25, 0.3) is 0 Å². The highest BCUT2D eigenvalue weighted by atomic mass is 15.2. The van der Waals surface area contributed by atoms with E-state index in [2.05, 4.69) is 65.6 Å². The van der Waals surface area contributed by atoms with Gasteiger partial charge in [-0.3, -0.25) is 4.98 Å². The number of aromatic nitrogens is 1. The smallest absolute Gasteiger partial charge is 0.0962 e.